The summed E-state index contributed by atoms with van der Waals surface area (Å²) in [4.78, 5) is 0. The van der Waals surface area contributed by atoms with E-state index in [-0.39, 0.29) is 6.10 Å². The molecule has 1 heterocycles. The van der Waals surface area contributed by atoms with Gasteiger partial charge >= 0.3 is 0 Å². The number of hydrogen-bond acceptors (Lipinski definition) is 3. The number of aliphatic hydroxyl groups is 1. The van der Waals surface area contributed by atoms with Crippen LogP contribution in [0.4, 0.5) is 0 Å². The van der Waals surface area contributed by atoms with Crippen LogP contribution in [0.15, 0.2) is 12.1 Å². The smallest absolute Gasteiger partial charge is 0.111 e. The highest BCUT2D eigenvalue weighted by Crippen LogP contribution is 2.28. The molecular formula is C13H17ClO3. The molecule has 1 aliphatic rings. The van der Waals surface area contributed by atoms with E-state index >= 15 is 0 Å². The number of benzene rings is 1. The molecule has 2 atom stereocenters. The number of ether oxygens (including phenoxy) is 2. The fourth-order valence-corrected chi connectivity index (χ4v) is 2.23. The third-order valence-corrected chi connectivity index (χ3v) is 3.47. The molecule has 1 aromatic carbocycles. The molecule has 0 aliphatic carbocycles. The topological polar surface area (TPSA) is 38.7 Å². The van der Waals surface area contributed by atoms with Crippen LogP contribution in [0.3, 0.4) is 0 Å². The van der Waals surface area contributed by atoms with Crippen molar-refractivity contribution in [3.8, 4) is 0 Å². The Morgan fingerprint density at radius 3 is 2.71 bits per heavy atom. The van der Waals surface area contributed by atoms with Crippen LogP contribution in [0.25, 0.3) is 0 Å². The largest absolute Gasteiger partial charge is 0.386 e. The predicted octanol–water partition coefficient (Wildman–Crippen LogP) is 2.41. The second-order valence-electron chi connectivity index (χ2n) is 4.39. The lowest BCUT2D eigenvalue weighted by Crippen LogP contribution is -2.34. The monoisotopic (exact) mass is 256 g/mol. The van der Waals surface area contributed by atoms with Crippen molar-refractivity contribution in [3.63, 3.8) is 0 Å². The van der Waals surface area contributed by atoms with Crippen LogP contribution in [-0.2, 0) is 9.47 Å². The van der Waals surface area contributed by atoms with Gasteiger partial charge in [0.25, 0.3) is 0 Å². The SMILES string of the molecule is Cc1cc(C(O)C2COCCO2)c(C)cc1Cl. The van der Waals surface area contributed by atoms with Gasteiger partial charge in [0.2, 0.25) is 0 Å². The Bertz CT molecular complexity index is 400. The average molecular weight is 257 g/mol. The summed E-state index contributed by atoms with van der Waals surface area (Å²) in [5, 5.41) is 11.0. The van der Waals surface area contributed by atoms with Gasteiger partial charge in [-0.2, -0.15) is 0 Å². The van der Waals surface area contributed by atoms with Crippen LogP contribution in [0.2, 0.25) is 5.02 Å². The third kappa shape index (κ3) is 2.80. The first-order valence-electron chi connectivity index (χ1n) is 5.73. The van der Waals surface area contributed by atoms with Gasteiger partial charge in [-0.3, -0.25) is 0 Å². The van der Waals surface area contributed by atoms with E-state index in [0.717, 1.165) is 21.7 Å². The van der Waals surface area contributed by atoms with Crippen molar-refractivity contribution in [1.82, 2.24) is 0 Å². The lowest BCUT2D eigenvalue weighted by molar-refractivity contribution is -0.133. The lowest BCUT2D eigenvalue weighted by Gasteiger charge is -2.28. The lowest BCUT2D eigenvalue weighted by atomic mass is 9.97. The van der Waals surface area contributed by atoms with Crippen LogP contribution in [0.5, 0.6) is 0 Å². The summed E-state index contributed by atoms with van der Waals surface area (Å²) < 4.78 is 10.8. The van der Waals surface area contributed by atoms with Gasteiger partial charge in [0.15, 0.2) is 0 Å². The average Bonchev–Trinajstić information content (AvgIpc) is 2.34. The molecule has 0 aromatic heterocycles. The highest BCUT2D eigenvalue weighted by Gasteiger charge is 2.26. The molecule has 0 saturated carbocycles. The van der Waals surface area contributed by atoms with Crippen LogP contribution >= 0.6 is 11.6 Å². The molecule has 1 aromatic rings. The van der Waals surface area contributed by atoms with Gasteiger partial charge in [-0.25, -0.2) is 0 Å². The molecular weight excluding hydrogens is 240 g/mol. The summed E-state index contributed by atoms with van der Waals surface area (Å²) in [7, 11) is 0. The zero-order valence-electron chi connectivity index (χ0n) is 10.1. The van der Waals surface area contributed by atoms with Crippen molar-refractivity contribution in [1.29, 1.82) is 0 Å². The normalized spacial score (nSPS) is 22.5. The number of halogens is 1. The molecule has 2 unspecified atom stereocenters. The quantitative estimate of drug-likeness (QED) is 0.883. The summed E-state index contributed by atoms with van der Waals surface area (Å²) in [6, 6.07) is 3.79. The molecule has 2 rings (SSSR count). The van der Waals surface area contributed by atoms with Gasteiger partial charge in [0, 0.05) is 5.02 Å². The zero-order chi connectivity index (χ0) is 12.4. The minimum Gasteiger partial charge on any atom is -0.386 e. The molecule has 0 spiro atoms. The summed E-state index contributed by atoms with van der Waals surface area (Å²) >= 11 is 6.04. The molecule has 94 valence electrons. The summed E-state index contributed by atoms with van der Waals surface area (Å²) in [5.74, 6) is 0. The van der Waals surface area contributed by atoms with E-state index in [1.807, 2.05) is 26.0 Å². The Balaban J connectivity index is 2.23. The predicted molar refractivity (Wildman–Crippen MR) is 66.4 cm³/mol. The Kier molecular flexibility index (Phi) is 4.05. The van der Waals surface area contributed by atoms with Crippen molar-refractivity contribution in [3.05, 3.63) is 33.8 Å². The molecule has 17 heavy (non-hydrogen) atoms. The zero-order valence-corrected chi connectivity index (χ0v) is 10.8. The molecule has 4 heteroatoms. The molecule has 0 radical (unpaired) electrons. The maximum absolute atomic E-state index is 10.3. The van der Waals surface area contributed by atoms with E-state index in [1.165, 1.54) is 0 Å². The van der Waals surface area contributed by atoms with Crippen molar-refractivity contribution < 1.29 is 14.6 Å². The van der Waals surface area contributed by atoms with Gasteiger partial charge < -0.3 is 14.6 Å². The van der Waals surface area contributed by atoms with Crippen molar-refractivity contribution in [2.75, 3.05) is 19.8 Å². The Labute approximate surface area is 106 Å². The number of aryl methyl sites for hydroxylation is 2. The van der Waals surface area contributed by atoms with E-state index in [4.69, 9.17) is 21.1 Å². The number of aliphatic hydroxyl groups excluding tert-OH is 1. The Morgan fingerprint density at radius 2 is 2.06 bits per heavy atom. The maximum atomic E-state index is 10.3. The highest BCUT2D eigenvalue weighted by molar-refractivity contribution is 6.31. The summed E-state index contributed by atoms with van der Waals surface area (Å²) in [6.45, 7) is 5.43. The number of rotatable bonds is 2. The molecule has 0 bridgehead atoms. The first-order valence-corrected chi connectivity index (χ1v) is 6.11. The fraction of sp³-hybridized carbons (Fsp3) is 0.538. The van der Waals surface area contributed by atoms with Crippen molar-refractivity contribution in [2.45, 2.75) is 26.1 Å². The van der Waals surface area contributed by atoms with Crippen molar-refractivity contribution >= 4 is 11.6 Å². The first-order chi connectivity index (χ1) is 8.09. The molecule has 1 fully saturated rings. The first kappa shape index (κ1) is 12.8. The molecule has 1 aliphatic heterocycles. The molecule has 1 N–H and O–H groups in total. The maximum Gasteiger partial charge on any atom is 0.111 e. The minimum absolute atomic E-state index is 0.289. The summed E-state index contributed by atoms with van der Waals surface area (Å²) in [5.41, 5.74) is 2.80. The van der Waals surface area contributed by atoms with Gasteiger partial charge in [-0.15, -0.1) is 0 Å². The van der Waals surface area contributed by atoms with E-state index in [1.54, 1.807) is 0 Å². The van der Waals surface area contributed by atoms with Crippen LogP contribution < -0.4 is 0 Å². The van der Waals surface area contributed by atoms with Gasteiger partial charge in [-0.1, -0.05) is 17.7 Å². The van der Waals surface area contributed by atoms with E-state index in [9.17, 15) is 5.11 Å². The second kappa shape index (κ2) is 5.36. The molecule has 1 saturated heterocycles. The van der Waals surface area contributed by atoms with Crippen LogP contribution in [0.1, 0.15) is 22.8 Å². The number of hydrogen-bond donors (Lipinski definition) is 1. The third-order valence-electron chi connectivity index (χ3n) is 3.06. The van der Waals surface area contributed by atoms with Crippen LogP contribution in [-0.4, -0.2) is 31.0 Å². The van der Waals surface area contributed by atoms with E-state index in [0.29, 0.717) is 19.8 Å². The van der Waals surface area contributed by atoms with Crippen LogP contribution in [0, 0.1) is 13.8 Å². The minimum atomic E-state index is -0.661. The van der Waals surface area contributed by atoms with Gasteiger partial charge in [0.05, 0.1) is 19.8 Å². The fourth-order valence-electron chi connectivity index (χ4n) is 2.01. The van der Waals surface area contributed by atoms with Gasteiger partial charge in [0.1, 0.15) is 12.2 Å². The van der Waals surface area contributed by atoms with E-state index < -0.39 is 6.10 Å². The second-order valence-corrected chi connectivity index (χ2v) is 4.79. The van der Waals surface area contributed by atoms with Gasteiger partial charge in [-0.05, 0) is 36.6 Å². The Morgan fingerprint density at radius 1 is 1.29 bits per heavy atom. The standard InChI is InChI=1S/C13H17ClO3/c1-8-6-11(14)9(2)5-10(8)13(15)12-7-16-3-4-17-12/h5-6,12-13,15H,3-4,7H2,1-2H3. The highest BCUT2D eigenvalue weighted by atomic mass is 35.5. The van der Waals surface area contributed by atoms with E-state index in [2.05, 4.69) is 0 Å². The Hall–Kier alpha value is -0.610. The summed E-state index contributed by atoms with van der Waals surface area (Å²) in [6.07, 6.45) is -0.950. The van der Waals surface area contributed by atoms with Crippen molar-refractivity contribution in [2.24, 2.45) is 0 Å². The molecule has 0 amide bonds. The molecule has 3 nitrogen and oxygen atoms in total.